The molecule has 0 saturated carbocycles. The van der Waals surface area contributed by atoms with Crippen molar-refractivity contribution in [2.45, 2.75) is 32.7 Å². The van der Waals surface area contributed by atoms with Gasteiger partial charge in [0.15, 0.2) is 0 Å². The molecule has 0 aliphatic carbocycles. The van der Waals surface area contributed by atoms with Crippen LogP contribution in [0.15, 0.2) is 48.5 Å². The van der Waals surface area contributed by atoms with E-state index in [2.05, 4.69) is 62.4 Å². The Morgan fingerprint density at radius 2 is 1.06 bits per heavy atom. The molecule has 0 radical (unpaired) electrons. The molecular formula is C17H21N. The second kappa shape index (κ2) is 5.83. The summed E-state index contributed by atoms with van der Waals surface area (Å²) < 4.78 is 0. The van der Waals surface area contributed by atoms with Crippen molar-refractivity contribution in [1.29, 1.82) is 0 Å². The highest BCUT2D eigenvalue weighted by Crippen LogP contribution is 2.10. The third kappa shape index (κ3) is 3.71. The van der Waals surface area contributed by atoms with E-state index < -0.39 is 0 Å². The van der Waals surface area contributed by atoms with Crippen molar-refractivity contribution in [2.24, 2.45) is 5.73 Å². The third-order valence-corrected chi connectivity index (χ3v) is 3.24. The maximum Gasteiger partial charge on any atom is 0.0120 e. The Labute approximate surface area is 110 Å². The van der Waals surface area contributed by atoms with Gasteiger partial charge in [-0.15, -0.1) is 0 Å². The van der Waals surface area contributed by atoms with Crippen LogP contribution in [0.1, 0.15) is 22.3 Å². The molecule has 0 saturated heterocycles. The fraction of sp³-hybridized carbons (Fsp3) is 0.294. The number of benzene rings is 2. The predicted octanol–water partition coefficient (Wildman–Crippen LogP) is 3.42. The summed E-state index contributed by atoms with van der Waals surface area (Å²) in [6, 6.07) is 17.5. The van der Waals surface area contributed by atoms with Gasteiger partial charge < -0.3 is 5.73 Å². The Morgan fingerprint density at radius 1 is 0.722 bits per heavy atom. The van der Waals surface area contributed by atoms with Crippen molar-refractivity contribution in [3.05, 3.63) is 70.8 Å². The molecule has 94 valence electrons. The van der Waals surface area contributed by atoms with Crippen molar-refractivity contribution in [1.82, 2.24) is 0 Å². The molecule has 18 heavy (non-hydrogen) atoms. The quantitative estimate of drug-likeness (QED) is 0.869. The number of aryl methyl sites for hydroxylation is 2. The summed E-state index contributed by atoms with van der Waals surface area (Å²) in [6.45, 7) is 4.21. The van der Waals surface area contributed by atoms with Crippen LogP contribution in [0.5, 0.6) is 0 Å². The molecule has 0 bridgehead atoms. The highest BCUT2D eigenvalue weighted by Gasteiger charge is 2.05. The largest absolute Gasteiger partial charge is 0.327 e. The molecule has 0 atom stereocenters. The third-order valence-electron chi connectivity index (χ3n) is 3.24. The summed E-state index contributed by atoms with van der Waals surface area (Å²) in [5, 5.41) is 0. The van der Waals surface area contributed by atoms with Crippen molar-refractivity contribution < 1.29 is 0 Å². The first-order valence-corrected chi connectivity index (χ1v) is 6.50. The van der Waals surface area contributed by atoms with Gasteiger partial charge in [0.25, 0.3) is 0 Å². The zero-order chi connectivity index (χ0) is 13.0. The van der Waals surface area contributed by atoms with Crippen LogP contribution >= 0.6 is 0 Å². The lowest BCUT2D eigenvalue weighted by molar-refractivity contribution is 0.664. The molecule has 0 unspecified atom stereocenters. The number of hydrogen-bond acceptors (Lipinski definition) is 1. The number of rotatable bonds is 4. The van der Waals surface area contributed by atoms with Gasteiger partial charge in [-0.3, -0.25) is 0 Å². The summed E-state index contributed by atoms with van der Waals surface area (Å²) in [5.41, 5.74) is 11.4. The molecule has 0 aromatic heterocycles. The van der Waals surface area contributed by atoms with Crippen LogP contribution < -0.4 is 5.73 Å². The summed E-state index contributed by atoms with van der Waals surface area (Å²) in [7, 11) is 0. The van der Waals surface area contributed by atoms with Gasteiger partial charge in [0.1, 0.15) is 0 Å². The van der Waals surface area contributed by atoms with Gasteiger partial charge in [-0.2, -0.15) is 0 Å². The van der Waals surface area contributed by atoms with E-state index in [1.807, 2.05) is 0 Å². The zero-order valence-corrected chi connectivity index (χ0v) is 11.2. The molecule has 1 nitrogen and oxygen atoms in total. The topological polar surface area (TPSA) is 26.0 Å². The lowest BCUT2D eigenvalue weighted by Crippen LogP contribution is -2.25. The average Bonchev–Trinajstić information content (AvgIpc) is 2.35. The van der Waals surface area contributed by atoms with E-state index in [9.17, 15) is 0 Å². The lowest BCUT2D eigenvalue weighted by Gasteiger charge is -2.12. The Kier molecular flexibility index (Phi) is 4.16. The van der Waals surface area contributed by atoms with Crippen LogP contribution in [-0.2, 0) is 12.8 Å². The summed E-state index contributed by atoms with van der Waals surface area (Å²) in [6.07, 6.45) is 1.88. The second-order valence-electron chi connectivity index (χ2n) is 5.14. The van der Waals surface area contributed by atoms with Crippen molar-refractivity contribution in [2.75, 3.05) is 0 Å². The molecule has 0 amide bonds. The van der Waals surface area contributed by atoms with Crippen molar-refractivity contribution in [3.8, 4) is 0 Å². The molecule has 0 heterocycles. The molecule has 2 aromatic carbocycles. The Hall–Kier alpha value is -1.60. The maximum absolute atomic E-state index is 6.21. The van der Waals surface area contributed by atoms with Gasteiger partial charge in [-0.05, 0) is 37.8 Å². The molecule has 0 spiro atoms. The van der Waals surface area contributed by atoms with Crippen molar-refractivity contribution >= 4 is 0 Å². The van der Waals surface area contributed by atoms with Crippen LogP contribution in [-0.4, -0.2) is 6.04 Å². The van der Waals surface area contributed by atoms with Crippen LogP contribution in [0.25, 0.3) is 0 Å². The molecule has 2 aromatic rings. The SMILES string of the molecule is Cc1ccc(CC(N)Cc2ccc(C)cc2)cc1. The molecule has 0 fully saturated rings. The van der Waals surface area contributed by atoms with Crippen molar-refractivity contribution in [3.63, 3.8) is 0 Å². The standard InChI is InChI=1S/C17H21N/c1-13-3-7-15(8-4-13)11-17(18)12-16-9-5-14(2)6-10-16/h3-10,17H,11-12,18H2,1-2H3. The lowest BCUT2D eigenvalue weighted by atomic mass is 9.99. The van der Waals surface area contributed by atoms with Crippen LogP contribution in [0.2, 0.25) is 0 Å². The van der Waals surface area contributed by atoms with E-state index in [1.54, 1.807) is 0 Å². The summed E-state index contributed by atoms with van der Waals surface area (Å²) in [5.74, 6) is 0. The van der Waals surface area contributed by atoms with Gasteiger partial charge >= 0.3 is 0 Å². The van der Waals surface area contributed by atoms with Crippen LogP contribution in [0.4, 0.5) is 0 Å². The summed E-state index contributed by atoms with van der Waals surface area (Å²) >= 11 is 0. The van der Waals surface area contributed by atoms with E-state index in [0.29, 0.717) is 0 Å². The molecule has 2 N–H and O–H groups in total. The first-order valence-electron chi connectivity index (χ1n) is 6.50. The first-order chi connectivity index (χ1) is 8.63. The molecular weight excluding hydrogens is 218 g/mol. The van der Waals surface area contributed by atoms with E-state index >= 15 is 0 Å². The fourth-order valence-corrected chi connectivity index (χ4v) is 2.13. The van der Waals surface area contributed by atoms with Crippen LogP contribution in [0, 0.1) is 13.8 Å². The van der Waals surface area contributed by atoms with Gasteiger partial charge in [-0.1, -0.05) is 59.7 Å². The monoisotopic (exact) mass is 239 g/mol. The minimum absolute atomic E-state index is 0.190. The Morgan fingerprint density at radius 3 is 1.39 bits per heavy atom. The van der Waals surface area contributed by atoms with Gasteiger partial charge in [0, 0.05) is 6.04 Å². The van der Waals surface area contributed by atoms with Gasteiger partial charge in [0.05, 0.1) is 0 Å². The molecule has 0 aliphatic rings. The van der Waals surface area contributed by atoms with Gasteiger partial charge in [0.2, 0.25) is 0 Å². The fourth-order valence-electron chi connectivity index (χ4n) is 2.13. The van der Waals surface area contributed by atoms with E-state index in [-0.39, 0.29) is 6.04 Å². The van der Waals surface area contributed by atoms with Gasteiger partial charge in [-0.25, -0.2) is 0 Å². The average molecular weight is 239 g/mol. The Bertz CT molecular complexity index is 435. The first kappa shape index (κ1) is 12.8. The highest BCUT2D eigenvalue weighted by atomic mass is 14.6. The predicted molar refractivity (Wildman–Crippen MR) is 77.7 cm³/mol. The van der Waals surface area contributed by atoms with E-state index in [4.69, 9.17) is 5.73 Å². The number of hydrogen-bond donors (Lipinski definition) is 1. The summed E-state index contributed by atoms with van der Waals surface area (Å²) in [4.78, 5) is 0. The maximum atomic E-state index is 6.21. The smallest absolute Gasteiger partial charge is 0.0120 e. The van der Waals surface area contributed by atoms with Crippen LogP contribution in [0.3, 0.4) is 0 Å². The minimum Gasteiger partial charge on any atom is -0.327 e. The minimum atomic E-state index is 0.190. The zero-order valence-electron chi connectivity index (χ0n) is 11.2. The normalized spacial score (nSPS) is 10.9. The molecule has 1 heteroatoms. The molecule has 2 rings (SSSR count). The van der Waals surface area contributed by atoms with E-state index in [1.165, 1.54) is 22.3 Å². The molecule has 0 aliphatic heterocycles. The Balaban J connectivity index is 1.94. The second-order valence-corrected chi connectivity index (χ2v) is 5.14. The number of nitrogens with two attached hydrogens (primary N) is 1. The highest BCUT2D eigenvalue weighted by molar-refractivity contribution is 5.24. The van der Waals surface area contributed by atoms with E-state index in [0.717, 1.165) is 12.8 Å².